The van der Waals surface area contributed by atoms with Crippen molar-refractivity contribution in [3.63, 3.8) is 0 Å². The van der Waals surface area contributed by atoms with E-state index in [0.717, 1.165) is 11.1 Å². The molecule has 0 radical (unpaired) electrons. The third-order valence-electron chi connectivity index (χ3n) is 6.17. The van der Waals surface area contributed by atoms with Crippen molar-refractivity contribution in [3.8, 4) is 5.75 Å². The van der Waals surface area contributed by atoms with E-state index >= 15 is 0 Å². The van der Waals surface area contributed by atoms with Crippen molar-refractivity contribution in [1.29, 1.82) is 0 Å². The zero-order valence-corrected chi connectivity index (χ0v) is 21.3. The molecule has 37 heavy (non-hydrogen) atoms. The van der Waals surface area contributed by atoms with Crippen LogP contribution in [0, 0.1) is 5.92 Å². The molecular formula is C27H36N4O6. The number of amides is 3. The van der Waals surface area contributed by atoms with Crippen LogP contribution in [0.15, 0.2) is 54.6 Å². The number of carboxylic acids is 1. The highest BCUT2D eigenvalue weighted by atomic mass is 16.4. The van der Waals surface area contributed by atoms with Crippen molar-refractivity contribution >= 4 is 23.7 Å². The molecule has 7 N–H and O–H groups in total. The van der Waals surface area contributed by atoms with Gasteiger partial charge in [-0.15, -0.1) is 0 Å². The standard InChI is InChI=1S/C27H36N4O6/c1-4-16(2)23(31-25(34)21(28)14-19-10-12-20(32)13-11-19)26(35)29-17(3)24(33)30-22(27(36)37)15-18-8-6-5-7-9-18/h5-13,16-17,21-23,32H,4,14-15,28H2,1-3H3,(H,29,35)(H,30,33)(H,31,34)(H,36,37). The molecule has 10 nitrogen and oxygen atoms in total. The fourth-order valence-corrected chi connectivity index (χ4v) is 3.66. The highest BCUT2D eigenvalue weighted by Crippen LogP contribution is 2.12. The molecule has 3 amide bonds. The number of benzene rings is 2. The van der Waals surface area contributed by atoms with E-state index in [2.05, 4.69) is 16.0 Å². The van der Waals surface area contributed by atoms with Gasteiger partial charge in [0.1, 0.15) is 23.9 Å². The first-order valence-corrected chi connectivity index (χ1v) is 12.2. The van der Waals surface area contributed by atoms with Gasteiger partial charge in [0.25, 0.3) is 0 Å². The van der Waals surface area contributed by atoms with Gasteiger partial charge in [0.2, 0.25) is 17.7 Å². The number of phenols is 1. The zero-order chi connectivity index (χ0) is 27.5. The molecule has 0 aliphatic rings. The van der Waals surface area contributed by atoms with Gasteiger partial charge in [-0.25, -0.2) is 4.79 Å². The number of aliphatic carboxylic acids is 1. The van der Waals surface area contributed by atoms with Gasteiger partial charge in [-0.1, -0.05) is 62.7 Å². The molecule has 0 fully saturated rings. The van der Waals surface area contributed by atoms with E-state index in [1.165, 1.54) is 19.1 Å². The largest absolute Gasteiger partial charge is 0.508 e. The summed E-state index contributed by atoms with van der Waals surface area (Å²) in [6.45, 7) is 5.10. The molecular weight excluding hydrogens is 476 g/mol. The Bertz CT molecular complexity index is 1060. The number of nitrogens with one attached hydrogen (secondary N) is 3. The Labute approximate surface area is 216 Å². The second kappa shape index (κ2) is 14.0. The second-order valence-corrected chi connectivity index (χ2v) is 9.17. The van der Waals surface area contributed by atoms with E-state index in [0.29, 0.717) is 6.42 Å². The van der Waals surface area contributed by atoms with Crippen LogP contribution in [0.2, 0.25) is 0 Å². The van der Waals surface area contributed by atoms with Crippen LogP contribution in [-0.2, 0) is 32.0 Å². The predicted octanol–water partition coefficient (Wildman–Crippen LogP) is 1.11. The van der Waals surface area contributed by atoms with Gasteiger partial charge in [-0.05, 0) is 42.5 Å². The highest BCUT2D eigenvalue weighted by Gasteiger charge is 2.31. The van der Waals surface area contributed by atoms with Crippen molar-refractivity contribution in [1.82, 2.24) is 16.0 Å². The molecule has 5 atom stereocenters. The quantitative estimate of drug-likeness (QED) is 0.233. The van der Waals surface area contributed by atoms with Gasteiger partial charge < -0.3 is 31.9 Å². The first kappa shape index (κ1) is 29.3. The van der Waals surface area contributed by atoms with Crippen molar-refractivity contribution in [2.75, 3.05) is 0 Å². The lowest BCUT2D eigenvalue weighted by atomic mass is 9.97. The van der Waals surface area contributed by atoms with Gasteiger partial charge in [-0.3, -0.25) is 14.4 Å². The summed E-state index contributed by atoms with van der Waals surface area (Å²) in [4.78, 5) is 50.2. The number of aromatic hydroxyl groups is 1. The van der Waals surface area contributed by atoms with Crippen molar-refractivity contribution in [2.45, 2.75) is 64.2 Å². The fraction of sp³-hybridized carbons (Fsp3) is 0.407. The maximum absolute atomic E-state index is 13.0. The number of carbonyl (C=O) groups is 4. The van der Waals surface area contributed by atoms with Gasteiger partial charge in [0, 0.05) is 6.42 Å². The summed E-state index contributed by atoms with van der Waals surface area (Å²) >= 11 is 0. The average Bonchev–Trinajstić information content (AvgIpc) is 2.87. The molecule has 0 bridgehead atoms. The van der Waals surface area contributed by atoms with Crippen LogP contribution in [0.5, 0.6) is 5.75 Å². The molecule has 0 aliphatic heterocycles. The van der Waals surface area contributed by atoms with Crippen LogP contribution >= 0.6 is 0 Å². The smallest absolute Gasteiger partial charge is 0.326 e. The van der Waals surface area contributed by atoms with Crippen LogP contribution in [0.1, 0.15) is 38.3 Å². The molecule has 10 heteroatoms. The fourth-order valence-electron chi connectivity index (χ4n) is 3.66. The number of hydrogen-bond acceptors (Lipinski definition) is 6. The molecule has 2 rings (SSSR count). The molecule has 0 aromatic heterocycles. The topological polar surface area (TPSA) is 171 Å². The lowest BCUT2D eigenvalue weighted by Crippen LogP contribution is -2.58. The lowest BCUT2D eigenvalue weighted by Gasteiger charge is -2.27. The molecule has 0 saturated heterocycles. The first-order chi connectivity index (χ1) is 17.5. The Balaban J connectivity index is 2.00. The van der Waals surface area contributed by atoms with E-state index < -0.39 is 47.9 Å². The van der Waals surface area contributed by atoms with E-state index in [1.807, 2.05) is 13.0 Å². The number of phenolic OH excluding ortho intramolecular Hbond substituents is 1. The number of carboxylic acid groups (broad SMARTS) is 1. The van der Waals surface area contributed by atoms with E-state index in [-0.39, 0.29) is 24.5 Å². The zero-order valence-electron chi connectivity index (χ0n) is 21.3. The number of carbonyl (C=O) groups excluding carboxylic acids is 3. The maximum Gasteiger partial charge on any atom is 0.326 e. The Hall–Kier alpha value is -3.92. The Morgan fingerprint density at radius 3 is 1.97 bits per heavy atom. The lowest BCUT2D eigenvalue weighted by molar-refractivity contribution is -0.142. The number of nitrogens with two attached hydrogens (primary N) is 1. The SMILES string of the molecule is CCC(C)C(NC(=O)C(N)Cc1ccc(O)cc1)C(=O)NC(C)C(=O)NC(Cc1ccccc1)C(=O)O. The van der Waals surface area contributed by atoms with Crippen molar-refractivity contribution in [3.05, 3.63) is 65.7 Å². The van der Waals surface area contributed by atoms with Crippen LogP contribution in [-0.4, -0.2) is 58.1 Å². The molecule has 2 aromatic carbocycles. The summed E-state index contributed by atoms with van der Waals surface area (Å²) in [6, 6.07) is 11.1. The van der Waals surface area contributed by atoms with Crippen LogP contribution in [0.3, 0.4) is 0 Å². The number of hydrogen-bond donors (Lipinski definition) is 6. The summed E-state index contributed by atoms with van der Waals surface area (Å²) in [6.07, 6.45) is 0.870. The first-order valence-electron chi connectivity index (χ1n) is 12.2. The summed E-state index contributed by atoms with van der Waals surface area (Å²) in [5, 5.41) is 26.7. The molecule has 5 unspecified atom stereocenters. The number of rotatable bonds is 13. The third kappa shape index (κ3) is 9.23. The minimum atomic E-state index is -1.19. The van der Waals surface area contributed by atoms with Crippen LogP contribution in [0.25, 0.3) is 0 Å². The summed E-state index contributed by atoms with van der Waals surface area (Å²) in [5.74, 6) is -3.11. The maximum atomic E-state index is 13.0. The summed E-state index contributed by atoms with van der Waals surface area (Å²) in [7, 11) is 0. The predicted molar refractivity (Wildman–Crippen MR) is 138 cm³/mol. The van der Waals surface area contributed by atoms with E-state index in [1.54, 1.807) is 43.3 Å². The average molecular weight is 513 g/mol. The molecule has 2 aromatic rings. The van der Waals surface area contributed by atoms with Crippen LogP contribution in [0.4, 0.5) is 0 Å². The van der Waals surface area contributed by atoms with Crippen LogP contribution < -0.4 is 21.7 Å². The Morgan fingerprint density at radius 2 is 1.41 bits per heavy atom. The molecule has 200 valence electrons. The minimum Gasteiger partial charge on any atom is -0.508 e. The molecule has 0 spiro atoms. The second-order valence-electron chi connectivity index (χ2n) is 9.17. The van der Waals surface area contributed by atoms with E-state index in [4.69, 9.17) is 5.73 Å². The van der Waals surface area contributed by atoms with Crippen molar-refractivity contribution < 1.29 is 29.4 Å². The van der Waals surface area contributed by atoms with Gasteiger partial charge in [0.05, 0.1) is 6.04 Å². The van der Waals surface area contributed by atoms with Gasteiger partial charge >= 0.3 is 5.97 Å². The molecule has 0 saturated carbocycles. The Kier molecular flexibility index (Phi) is 11.1. The van der Waals surface area contributed by atoms with Gasteiger partial charge in [-0.2, -0.15) is 0 Å². The van der Waals surface area contributed by atoms with Gasteiger partial charge in [0.15, 0.2) is 0 Å². The van der Waals surface area contributed by atoms with E-state index in [9.17, 15) is 29.4 Å². The normalized spacial score (nSPS) is 14.9. The third-order valence-corrected chi connectivity index (χ3v) is 6.17. The van der Waals surface area contributed by atoms with Crippen molar-refractivity contribution in [2.24, 2.45) is 11.7 Å². The molecule has 0 aliphatic carbocycles. The monoisotopic (exact) mass is 512 g/mol. The Morgan fingerprint density at radius 1 is 0.811 bits per heavy atom. The highest BCUT2D eigenvalue weighted by molar-refractivity contribution is 5.94. The minimum absolute atomic E-state index is 0.0903. The summed E-state index contributed by atoms with van der Waals surface area (Å²) in [5.41, 5.74) is 7.54. The summed E-state index contributed by atoms with van der Waals surface area (Å²) < 4.78 is 0. The molecule has 0 heterocycles.